The number of nitrogens with zero attached hydrogens (tertiary/aromatic N) is 1. The summed E-state index contributed by atoms with van der Waals surface area (Å²) in [4.78, 5) is 25.4. The number of aryl methyl sites for hydroxylation is 1. The van der Waals surface area contributed by atoms with Crippen molar-refractivity contribution in [2.24, 2.45) is 0 Å². The van der Waals surface area contributed by atoms with Crippen molar-refractivity contribution in [1.29, 1.82) is 0 Å². The largest absolute Gasteiger partial charge is 0.493 e. The molecule has 22 heavy (non-hydrogen) atoms. The van der Waals surface area contributed by atoms with Gasteiger partial charge in [0.25, 0.3) is 11.7 Å². The summed E-state index contributed by atoms with van der Waals surface area (Å²) in [5.41, 5.74) is 2.28. The van der Waals surface area contributed by atoms with Gasteiger partial charge in [0.15, 0.2) is 0 Å². The number of hydrogen-bond donors (Lipinski definition) is 0. The molecule has 3 rings (SSSR count). The molecular formula is C18H17NO3. The second kappa shape index (κ2) is 6.02. The van der Waals surface area contributed by atoms with E-state index in [9.17, 15) is 9.59 Å². The maximum absolute atomic E-state index is 12.0. The first-order valence-corrected chi connectivity index (χ1v) is 7.32. The van der Waals surface area contributed by atoms with E-state index in [1.165, 1.54) is 0 Å². The number of hydrogen-bond acceptors (Lipinski definition) is 3. The zero-order valence-corrected chi connectivity index (χ0v) is 12.4. The first kappa shape index (κ1) is 14.3. The maximum atomic E-state index is 12.0. The Morgan fingerprint density at radius 1 is 1.00 bits per heavy atom. The fraction of sp³-hybridized carbons (Fsp3) is 0.222. The number of para-hydroxylation sites is 2. The Morgan fingerprint density at radius 3 is 2.55 bits per heavy atom. The molecule has 2 aromatic carbocycles. The minimum absolute atomic E-state index is 0.421. The highest BCUT2D eigenvalue weighted by atomic mass is 16.5. The molecular weight excluding hydrogens is 278 g/mol. The van der Waals surface area contributed by atoms with Crippen LogP contribution in [0.1, 0.15) is 22.3 Å². The first-order chi connectivity index (χ1) is 10.7. The van der Waals surface area contributed by atoms with Crippen LogP contribution in [0.15, 0.2) is 48.5 Å². The van der Waals surface area contributed by atoms with Crippen LogP contribution in [-0.2, 0) is 4.79 Å². The van der Waals surface area contributed by atoms with E-state index in [2.05, 4.69) is 0 Å². The third-order valence-electron chi connectivity index (χ3n) is 3.76. The average molecular weight is 295 g/mol. The predicted octanol–water partition coefficient (Wildman–Crippen LogP) is 2.99. The highest BCUT2D eigenvalue weighted by Gasteiger charge is 2.34. The lowest BCUT2D eigenvalue weighted by Gasteiger charge is -2.16. The van der Waals surface area contributed by atoms with Crippen LogP contribution in [0.5, 0.6) is 5.75 Å². The number of rotatable bonds is 5. The van der Waals surface area contributed by atoms with Crippen LogP contribution in [0.25, 0.3) is 0 Å². The van der Waals surface area contributed by atoms with E-state index in [0.717, 1.165) is 11.3 Å². The Balaban J connectivity index is 1.60. The maximum Gasteiger partial charge on any atom is 0.299 e. The van der Waals surface area contributed by atoms with Gasteiger partial charge in [0.05, 0.1) is 17.9 Å². The molecule has 0 unspecified atom stereocenters. The van der Waals surface area contributed by atoms with Crippen molar-refractivity contribution >= 4 is 17.4 Å². The van der Waals surface area contributed by atoms with Crippen molar-refractivity contribution in [2.45, 2.75) is 13.3 Å². The number of carbonyl (C=O) groups is 2. The molecule has 0 radical (unpaired) electrons. The van der Waals surface area contributed by atoms with Crippen LogP contribution in [0.3, 0.4) is 0 Å². The van der Waals surface area contributed by atoms with Gasteiger partial charge in [0, 0.05) is 6.54 Å². The predicted molar refractivity (Wildman–Crippen MR) is 84.4 cm³/mol. The summed E-state index contributed by atoms with van der Waals surface area (Å²) in [7, 11) is 0. The van der Waals surface area contributed by atoms with Crippen LogP contribution in [0, 0.1) is 6.92 Å². The lowest BCUT2D eigenvalue weighted by molar-refractivity contribution is -0.114. The van der Waals surface area contributed by atoms with Gasteiger partial charge in [-0.3, -0.25) is 9.59 Å². The molecule has 0 saturated carbocycles. The minimum Gasteiger partial charge on any atom is -0.493 e. The van der Waals surface area contributed by atoms with Gasteiger partial charge >= 0.3 is 0 Å². The van der Waals surface area contributed by atoms with Crippen molar-refractivity contribution in [3.63, 3.8) is 0 Å². The van der Waals surface area contributed by atoms with Crippen molar-refractivity contribution < 1.29 is 14.3 Å². The molecule has 0 atom stereocenters. The number of ketones is 1. The van der Waals surface area contributed by atoms with E-state index in [4.69, 9.17) is 4.74 Å². The average Bonchev–Trinajstić information content (AvgIpc) is 2.78. The second-order valence-electron chi connectivity index (χ2n) is 5.27. The van der Waals surface area contributed by atoms with Gasteiger partial charge in [-0.05, 0) is 37.1 Å². The lowest BCUT2D eigenvalue weighted by Crippen LogP contribution is -2.31. The summed E-state index contributed by atoms with van der Waals surface area (Å²) >= 11 is 0. The van der Waals surface area contributed by atoms with Gasteiger partial charge in [-0.1, -0.05) is 30.3 Å². The van der Waals surface area contributed by atoms with Crippen molar-refractivity contribution in [3.05, 3.63) is 59.7 Å². The van der Waals surface area contributed by atoms with E-state index in [1.54, 1.807) is 23.1 Å². The summed E-state index contributed by atoms with van der Waals surface area (Å²) in [5, 5.41) is 0. The molecule has 0 bridgehead atoms. The molecule has 112 valence electrons. The summed E-state index contributed by atoms with van der Waals surface area (Å²) in [5.74, 6) is -0.0146. The molecule has 0 N–H and O–H groups in total. The molecule has 0 fully saturated rings. The molecule has 0 aromatic heterocycles. The SMILES string of the molecule is Cc1ccccc1OCCCN1C(=O)C(=O)c2ccccc21. The van der Waals surface area contributed by atoms with Crippen molar-refractivity contribution in [3.8, 4) is 5.75 Å². The zero-order valence-electron chi connectivity index (χ0n) is 12.4. The van der Waals surface area contributed by atoms with Gasteiger partial charge in [-0.2, -0.15) is 0 Å². The molecule has 0 saturated heterocycles. The summed E-state index contributed by atoms with van der Waals surface area (Å²) in [6.45, 7) is 2.98. The first-order valence-electron chi connectivity index (χ1n) is 7.32. The highest BCUT2D eigenvalue weighted by Crippen LogP contribution is 2.28. The molecule has 2 aromatic rings. The van der Waals surface area contributed by atoms with Gasteiger partial charge < -0.3 is 9.64 Å². The summed E-state index contributed by atoms with van der Waals surface area (Å²) in [6.07, 6.45) is 0.668. The minimum atomic E-state index is -0.447. The number of benzene rings is 2. The van der Waals surface area contributed by atoms with Crippen LogP contribution >= 0.6 is 0 Å². The number of carbonyl (C=O) groups excluding carboxylic acids is 2. The molecule has 0 spiro atoms. The van der Waals surface area contributed by atoms with Crippen molar-refractivity contribution in [2.75, 3.05) is 18.1 Å². The molecule has 1 aliphatic rings. The fourth-order valence-corrected chi connectivity index (χ4v) is 2.59. The Bertz CT molecular complexity index is 724. The second-order valence-corrected chi connectivity index (χ2v) is 5.27. The van der Waals surface area contributed by atoms with Crippen LogP contribution < -0.4 is 9.64 Å². The van der Waals surface area contributed by atoms with Crippen molar-refractivity contribution in [1.82, 2.24) is 0 Å². The van der Waals surface area contributed by atoms with Crippen LogP contribution in [0.2, 0.25) is 0 Å². The third kappa shape index (κ3) is 2.60. The van der Waals surface area contributed by atoms with Crippen LogP contribution in [0.4, 0.5) is 5.69 Å². The fourth-order valence-electron chi connectivity index (χ4n) is 2.59. The number of Topliss-reactive ketones (excluding diaryl/α,β-unsaturated/α-hetero) is 1. The number of amides is 1. The molecule has 4 nitrogen and oxygen atoms in total. The number of fused-ring (bicyclic) bond motifs is 1. The smallest absolute Gasteiger partial charge is 0.299 e. The zero-order chi connectivity index (χ0) is 15.5. The molecule has 0 aliphatic carbocycles. The highest BCUT2D eigenvalue weighted by molar-refractivity contribution is 6.52. The molecule has 4 heteroatoms. The Morgan fingerprint density at radius 2 is 1.73 bits per heavy atom. The third-order valence-corrected chi connectivity index (χ3v) is 3.76. The van der Waals surface area contributed by atoms with E-state index >= 15 is 0 Å². The standard InChI is InChI=1S/C18H17NO3/c1-13-7-2-5-10-16(13)22-12-6-11-19-15-9-4-3-8-14(15)17(20)18(19)21/h2-5,7-10H,6,11-12H2,1H3. The molecule has 1 heterocycles. The monoisotopic (exact) mass is 295 g/mol. The quantitative estimate of drug-likeness (QED) is 0.629. The van der Waals surface area contributed by atoms with E-state index in [1.807, 2.05) is 37.3 Å². The van der Waals surface area contributed by atoms with Crippen LogP contribution in [-0.4, -0.2) is 24.8 Å². The molecule has 1 aliphatic heterocycles. The van der Waals surface area contributed by atoms with E-state index < -0.39 is 11.7 Å². The lowest BCUT2D eigenvalue weighted by atomic mass is 10.1. The van der Waals surface area contributed by atoms with Gasteiger partial charge in [0.1, 0.15) is 5.75 Å². The van der Waals surface area contributed by atoms with Gasteiger partial charge in [-0.25, -0.2) is 0 Å². The van der Waals surface area contributed by atoms with E-state index in [0.29, 0.717) is 30.8 Å². The Hall–Kier alpha value is -2.62. The summed E-state index contributed by atoms with van der Waals surface area (Å²) in [6, 6.07) is 14.9. The van der Waals surface area contributed by atoms with Gasteiger partial charge in [-0.15, -0.1) is 0 Å². The Kier molecular flexibility index (Phi) is 3.92. The normalized spacial score (nSPS) is 13.4. The van der Waals surface area contributed by atoms with Gasteiger partial charge in [0.2, 0.25) is 0 Å². The molecule has 1 amide bonds. The summed E-state index contributed by atoms with van der Waals surface area (Å²) < 4.78 is 5.72. The Labute approximate surface area is 129 Å². The van der Waals surface area contributed by atoms with E-state index in [-0.39, 0.29) is 0 Å². The number of ether oxygens (including phenoxy) is 1. The number of anilines is 1. The topological polar surface area (TPSA) is 46.6 Å².